The predicted molar refractivity (Wildman–Crippen MR) is 94.6 cm³/mol. The summed E-state index contributed by atoms with van der Waals surface area (Å²) in [6, 6.07) is 12.4. The van der Waals surface area contributed by atoms with E-state index in [2.05, 4.69) is 21.6 Å². The van der Waals surface area contributed by atoms with E-state index in [4.69, 9.17) is 4.52 Å². The van der Waals surface area contributed by atoms with Crippen LogP contribution < -0.4 is 5.32 Å². The van der Waals surface area contributed by atoms with Gasteiger partial charge in [0.1, 0.15) is 11.8 Å². The summed E-state index contributed by atoms with van der Waals surface area (Å²) >= 11 is 0. The highest BCUT2D eigenvalue weighted by molar-refractivity contribution is 5.92. The Hall–Kier alpha value is -3.40. The van der Waals surface area contributed by atoms with Crippen molar-refractivity contribution in [3.8, 4) is 11.8 Å². The Morgan fingerprint density at radius 3 is 2.65 bits per heavy atom. The molecular weight excluding hydrogens is 330 g/mol. The van der Waals surface area contributed by atoms with Crippen LogP contribution in [0.5, 0.6) is 0 Å². The molecule has 0 bridgehead atoms. The van der Waals surface area contributed by atoms with Crippen molar-refractivity contribution in [3.05, 3.63) is 65.8 Å². The second-order valence-electron chi connectivity index (χ2n) is 6.92. The van der Waals surface area contributed by atoms with Gasteiger partial charge in [0.25, 0.3) is 5.91 Å². The highest BCUT2D eigenvalue weighted by Crippen LogP contribution is 2.23. The minimum Gasteiger partial charge on any atom is -0.360 e. The van der Waals surface area contributed by atoms with Crippen LogP contribution in [0.3, 0.4) is 0 Å². The molecule has 3 aromatic rings. The molecule has 2 aromatic heterocycles. The second kappa shape index (κ2) is 6.84. The standard InChI is InChI=1S/C19H19N5O2/c1-19(2,3)17-9-15(23-26-17)18(25)22-16(10-20)13-11-21-24(12-13)14-7-5-4-6-8-14/h4-9,11-12,16H,1-3H3,(H,22,25)/t16-/m0/s1. The number of para-hydroxylation sites is 1. The number of amides is 1. The van der Waals surface area contributed by atoms with Crippen LogP contribution in [0.4, 0.5) is 0 Å². The van der Waals surface area contributed by atoms with Crippen molar-refractivity contribution in [3.63, 3.8) is 0 Å². The Bertz CT molecular complexity index is 944. The summed E-state index contributed by atoms with van der Waals surface area (Å²) in [6.45, 7) is 5.89. The molecule has 0 saturated carbocycles. The number of carbonyl (C=O) groups is 1. The molecule has 1 N–H and O–H groups in total. The number of nitrogens with one attached hydrogen (secondary N) is 1. The molecule has 1 aromatic carbocycles. The number of aromatic nitrogens is 3. The van der Waals surface area contributed by atoms with E-state index in [1.165, 1.54) is 0 Å². The average Bonchev–Trinajstić information content (AvgIpc) is 3.29. The van der Waals surface area contributed by atoms with Gasteiger partial charge in [-0.2, -0.15) is 10.4 Å². The van der Waals surface area contributed by atoms with Crippen LogP contribution in [0.2, 0.25) is 0 Å². The molecule has 0 aliphatic heterocycles. The largest absolute Gasteiger partial charge is 0.360 e. The van der Waals surface area contributed by atoms with Crippen molar-refractivity contribution in [2.24, 2.45) is 0 Å². The third-order valence-electron chi connectivity index (χ3n) is 3.84. The Kier molecular flexibility index (Phi) is 4.59. The number of nitriles is 1. The van der Waals surface area contributed by atoms with Gasteiger partial charge in [-0.1, -0.05) is 44.1 Å². The molecule has 132 valence electrons. The van der Waals surface area contributed by atoms with E-state index in [-0.39, 0.29) is 11.1 Å². The summed E-state index contributed by atoms with van der Waals surface area (Å²) in [7, 11) is 0. The lowest BCUT2D eigenvalue weighted by Gasteiger charge is -2.12. The van der Waals surface area contributed by atoms with Gasteiger partial charge < -0.3 is 9.84 Å². The van der Waals surface area contributed by atoms with E-state index in [0.717, 1.165) is 5.69 Å². The molecular formula is C19H19N5O2. The zero-order valence-corrected chi connectivity index (χ0v) is 14.8. The first-order valence-corrected chi connectivity index (χ1v) is 8.16. The number of carbonyl (C=O) groups excluding carboxylic acids is 1. The molecule has 0 aliphatic carbocycles. The van der Waals surface area contributed by atoms with Gasteiger partial charge in [-0.25, -0.2) is 4.68 Å². The fourth-order valence-corrected chi connectivity index (χ4v) is 2.34. The first-order chi connectivity index (χ1) is 12.4. The topological polar surface area (TPSA) is 96.7 Å². The van der Waals surface area contributed by atoms with Crippen molar-refractivity contribution in [2.75, 3.05) is 0 Å². The summed E-state index contributed by atoms with van der Waals surface area (Å²) in [4.78, 5) is 12.4. The summed E-state index contributed by atoms with van der Waals surface area (Å²) in [5.41, 5.74) is 1.35. The number of nitrogens with zero attached hydrogens (tertiary/aromatic N) is 4. The maximum Gasteiger partial charge on any atom is 0.274 e. The van der Waals surface area contributed by atoms with E-state index in [1.54, 1.807) is 23.1 Å². The van der Waals surface area contributed by atoms with Crippen LogP contribution >= 0.6 is 0 Å². The van der Waals surface area contributed by atoms with Gasteiger partial charge in [0, 0.05) is 23.2 Å². The lowest BCUT2D eigenvalue weighted by Crippen LogP contribution is -2.27. The van der Waals surface area contributed by atoms with Crippen molar-refractivity contribution in [1.29, 1.82) is 5.26 Å². The first-order valence-electron chi connectivity index (χ1n) is 8.16. The molecule has 3 rings (SSSR count). The van der Waals surface area contributed by atoms with Gasteiger partial charge in [0.05, 0.1) is 18.0 Å². The molecule has 1 atom stereocenters. The van der Waals surface area contributed by atoms with E-state index < -0.39 is 11.9 Å². The van der Waals surface area contributed by atoms with Crippen molar-refractivity contribution in [2.45, 2.75) is 32.2 Å². The summed E-state index contributed by atoms with van der Waals surface area (Å²) in [5.74, 6) is 0.135. The molecule has 7 nitrogen and oxygen atoms in total. The van der Waals surface area contributed by atoms with Crippen molar-refractivity contribution in [1.82, 2.24) is 20.3 Å². The number of hydrogen-bond donors (Lipinski definition) is 1. The Morgan fingerprint density at radius 2 is 2.04 bits per heavy atom. The molecule has 7 heteroatoms. The van der Waals surface area contributed by atoms with Gasteiger partial charge in [0.2, 0.25) is 0 Å². The smallest absolute Gasteiger partial charge is 0.274 e. The molecule has 0 fully saturated rings. The van der Waals surface area contributed by atoms with Crippen molar-refractivity contribution >= 4 is 5.91 Å². The van der Waals surface area contributed by atoms with E-state index in [9.17, 15) is 10.1 Å². The lowest BCUT2D eigenvalue weighted by molar-refractivity contribution is 0.0935. The minimum atomic E-state index is -0.838. The zero-order chi connectivity index (χ0) is 18.7. The van der Waals surface area contributed by atoms with Crippen LogP contribution in [0.1, 0.15) is 48.6 Å². The quantitative estimate of drug-likeness (QED) is 0.780. The van der Waals surface area contributed by atoms with E-state index in [0.29, 0.717) is 11.3 Å². The third kappa shape index (κ3) is 3.64. The highest BCUT2D eigenvalue weighted by atomic mass is 16.5. The number of hydrogen-bond acceptors (Lipinski definition) is 5. The van der Waals surface area contributed by atoms with Crippen LogP contribution in [0.25, 0.3) is 5.69 Å². The molecule has 0 spiro atoms. The first kappa shape index (κ1) is 17.4. The fraction of sp³-hybridized carbons (Fsp3) is 0.263. The molecule has 2 heterocycles. The Labute approximate surface area is 151 Å². The lowest BCUT2D eigenvalue weighted by atomic mass is 9.93. The summed E-state index contributed by atoms with van der Waals surface area (Å²) < 4.78 is 6.88. The number of rotatable bonds is 4. The SMILES string of the molecule is CC(C)(C)c1cc(C(=O)N[C@@H](C#N)c2cnn(-c3ccccc3)c2)no1. The average molecular weight is 349 g/mol. The Balaban J connectivity index is 1.76. The molecule has 0 aliphatic rings. The van der Waals surface area contributed by atoms with Crippen LogP contribution in [0, 0.1) is 11.3 Å². The Morgan fingerprint density at radius 1 is 1.31 bits per heavy atom. The van der Waals surface area contributed by atoms with E-state index >= 15 is 0 Å². The minimum absolute atomic E-state index is 0.144. The van der Waals surface area contributed by atoms with Gasteiger partial charge in [-0.3, -0.25) is 4.79 Å². The van der Waals surface area contributed by atoms with Gasteiger partial charge >= 0.3 is 0 Å². The summed E-state index contributed by atoms with van der Waals surface area (Å²) in [6.07, 6.45) is 3.28. The summed E-state index contributed by atoms with van der Waals surface area (Å²) in [5, 5.41) is 20.1. The van der Waals surface area contributed by atoms with Gasteiger partial charge in [-0.15, -0.1) is 0 Å². The van der Waals surface area contributed by atoms with Crippen LogP contribution in [-0.2, 0) is 5.41 Å². The van der Waals surface area contributed by atoms with E-state index in [1.807, 2.05) is 51.1 Å². The third-order valence-corrected chi connectivity index (χ3v) is 3.84. The van der Waals surface area contributed by atoms with Crippen molar-refractivity contribution < 1.29 is 9.32 Å². The molecule has 0 radical (unpaired) electrons. The second-order valence-corrected chi connectivity index (χ2v) is 6.92. The highest BCUT2D eigenvalue weighted by Gasteiger charge is 2.24. The molecule has 26 heavy (non-hydrogen) atoms. The molecule has 0 saturated heterocycles. The van der Waals surface area contributed by atoms with Gasteiger partial charge in [-0.05, 0) is 12.1 Å². The monoisotopic (exact) mass is 349 g/mol. The number of benzene rings is 1. The van der Waals surface area contributed by atoms with Crippen LogP contribution in [0.15, 0.2) is 53.3 Å². The maximum absolute atomic E-state index is 12.4. The maximum atomic E-state index is 12.4. The normalized spacial score (nSPS) is 12.4. The fourth-order valence-electron chi connectivity index (χ4n) is 2.34. The van der Waals surface area contributed by atoms with Gasteiger partial charge in [0.15, 0.2) is 5.69 Å². The van der Waals surface area contributed by atoms with Crippen LogP contribution in [-0.4, -0.2) is 20.8 Å². The predicted octanol–water partition coefficient (Wildman–Crippen LogP) is 3.15. The zero-order valence-electron chi connectivity index (χ0n) is 14.8. The molecule has 0 unspecified atom stereocenters. The molecule has 1 amide bonds.